The van der Waals surface area contributed by atoms with Crippen LogP contribution in [0, 0.1) is 12.8 Å². The lowest BCUT2D eigenvalue weighted by Crippen LogP contribution is -2.40. The lowest BCUT2D eigenvalue weighted by atomic mass is 10.0. The van der Waals surface area contributed by atoms with Crippen LogP contribution in [0.15, 0.2) is 29.6 Å². The van der Waals surface area contributed by atoms with E-state index in [-0.39, 0.29) is 6.04 Å². The summed E-state index contributed by atoms with van der Waals surface area (Å²) in [7, 11) is 0. The fourth-order valence-electron chi connectivity index (χ4n) is 2.35. The van der Waals surface area contributed by atoms with E-state index >= 15 is 0 Å². The van der Waals surface area contributed by atoms with Gasteiger partial charge in [0.15, 0.2) is 0 Å². The van der Waals surface area contributed by atoms with Crippen molar-refractivity contribution in [1.82, 2.24) is 10.3 Å². The zero-order chi connectivity index (χ0) is 18.4. The number of aromatic nitrogens is 1. The summed E-state index contributed by atoms with van der Waals surface area (Å²) in [5, 5.41) is 8.37. The number of rotatable bonds is 6. The average molecular weight is 359 g/mol. The Kier molecular flexibility index (Phi) is 6.70. The number of nitrogens with zero attached hydrogens (tertiary/aromatic N) is 1. The summed E-state index contributed by atoms with van der Waals surface area (Å²) in [6, 6.07) is 7.30. The van der Waals surface area contributed by atoms with Gasteiger partial charge in [0.1, 0.15) is 0 Å². The summed E-state index contributed by atoms with van der Waals surface area (Å²) in [4.78, 5) is 28.4. The van der Waals surface area contributed by atoms with Gasteiger partial charge in [-0.05, 0) is 44.7 Å². The van der Waals surface area contributed by atoms with E-state index in [1.54, 1.807) is 23.5 Å². The first-order chi connectivity index (χ1) is 11.8. The zero-order valence-corrected chi connectivity index (χ0v) is 15.9. The van der Waals surface area contributed by atoms with Gasteiger partial charge in [0.2, 0.25) is 0 Å². The third-order valence-corrected chi connectivity index (χ3v) is 4.59. The molecule has 2 rings (SSSR count). The van der Waals surface area contributed by atoms with E-state index in [9.17, 15) is 9.59 Å². The van der Waals surface area contributed by atoms with E-state index in [2.05, 4.69) is 29.5 Å². The smallest absolute Gasteiger partial charge is 0.313 e. The molecule has 0 fully saturated rings. The SMILES string of the molecule is Cc1nc(-c2ccc(NC(=O)C(=O)NC(C)CCC(C)C)cc2)cs1. The molecule has 0 aliphatic rings. The highest BCUT2D eigenvalue weighted by molar-refractivity contribution is 7.09. The van der Waals surface area contributed by atoms with Gasteiger partial charge in [-0.15, -0.1) is 11.3 Å². The van der Waals surface area contributed by atoms with E-state index in [0.717, 1.165) is 29.1 Å². The van der Waals surface area contributed by atoms with E-state index in [4.69, 9.17) is 0 Å². The molecule has 1 aromatic heterocycles. The molecule has 2 N–H and O–H groups in total. The fraction of sp³-hybridized carbons (Fsp3) is 0.421. The van der Waals surface area contributed by atoms with Crippen molar-refractivity contribution in [2.45, 2.75) is 46.6 Å². The molecule has 0 aliphatic heterocycles. The van der Waals surface area contributed by atoms with Crippen molar-refractivity contribution >= 4 is 28.8 Å². The summed E-state index contributed by atoms with van der Waals surface area (Å²) in [5.41, 5.74) is 2.48. The third kappa shape index (κ3) is 5.98. The second-order valence-electron chi connectivity index (χ2n) is 6.63. The second kappa shape index (κ2) is 8.76. The first-order valence-corrected chi connectivity index (χ1v) is 9.37. The van der Waals surface area contributed by atoms with Gasteiger partial charge in [-0.3, -0.25) is 9.59 Å². The number of hydrogen-bond donors (Lipinski definition) is 2. The minimum absolute atomic E-state index is 0.0177. The number of amides is 2. The molecule has 0 aliphatic carbocycles. The predicted octanol–water partition coefficient (Wildman–Crippen LogP) is 4.00. The highest BCUT2D eigenvalue weighted by atomic mass is 32.1. The fourth-order valence-corrected chi connectivity index (χ4v) is 2.98. The number of benzene rings is 1. The van der Waals surface area contributed by atoms with Gasteiger partial charge in [0.05, 0.1) is 10.7 Å². The molecule has 0 saturated carbocycles. The van der Waals surface area contributed by atoms with Crippen LogP contribution in [0.25, 0.3) is 11.3 Å². The number of carbonyl (C=O) groups is 2. The highest BCUT2D eigenvalue weighted by Crippen LogP contribution is 2.23. The van der Waals surface area contributed by atoms with Crippen LogP contribution in [0.4, 0.5) is 5.69 Å². The Bertz CT molecular complexity index is 723. The second-order valence-corrected chi connectivity index (χ2v) is 7.69. The maximum Gasteiger partial charge on any atom is 0.313 e. The van der Waals surface area contributed by atoms with Crippen molar-refractivity contribution in [1.29, 1.82) is 0 Å². The minimum atomic E-state index is -0.645. The monoisotopic (exact) mass is 359 g/mol. The maximum absolute atomic E-state index is 12.0. The van der Waals surface area contributed by atoms with Crippen LogP contribution in [0.5, 0.6) is 0 Å². The normalized spacial score (nSPS) is 12.0. The molecule has 1 unspecified atom stereocenters. The highest BCUT2D eigenvalue weighted by Gasteiger charge is 2.16. The summed E-state index contributed by atoms with van der Waals surface area (Å²) in [6.07, 6.45) is 1.87. The number of anilines is 1. The van der Waals surface area contributed by atoms with Crippen molar-refractivity contribution in [2.75, 3.05) is 5.32 Å². The first-order valence-electron chi connectivity index (χ1n) is 8.49. The summed E-state index contributed by atoms with van der Waals surface area (Å²) >= 11 is 1.60. The summed E-state index contributed by atoms with van der Waals surface area (Å²) in [6.45, 7) is 8.15. The van der Waals surface area contributed by atoms with E-state index < -0.39 is 11.8 Å². The summed E-state index contributed by atoms with van der Waals surface area (Å²) in [5.74, 6) is -0.669. The topological polar surface area (TPSA) is 71.1 Å². The molecule has 2 aromatic rings. The van der Waals surface area contributed by atoms with E-state index in [1.165, 1.54) is 0 Å². The van der Waals surface area contributed by atoms with Crippen molar-refractivity contribution in [3.05, 3.63) is 34.7 Å². The van der Waals surface area contributed by atoms with Crippen molar-refractivity contribution in [3.63, 3.8) is 0 Å². The molecule has 0 spiro atoms. The Morgan fingerprint density at radius 2 is 1.76 bits per heavy atom. The van der Waals surface area contributed by atoms with E-state index in [0.29, 0.717) is 11.6 Å². The van der Waals surface area contributed by atoms with Crippen molar-refractivity contribution in [3.8, 4) is 11.3 Å². The van der Waals surface area contributed by atoms with E-state index in [1.807, 2.05) is 31.4 Å². The summed E-state index contributed by atoms with van der Waals surface area (Å²) < 4.78 is 0. The van der Waals surface area contributed by atoms with Crippen LogP contribution in [-0.4, -0.2) is 22.8 Å². The molecule has 25 heavy (non-hydrogen) atoms. The Morgan fingerprint density at radius 1 is 1.08 bits per heavy atom. The number of hydrogen-bond acceptors (Lipinski definition) is 4. The van der Waals surface area contributed by atoms with Crippen LogP contribution < -0.4 is 10.6 Å². The molecule has 0 saturated heterocycles. The van der Waals surface area contributed by atoms with Gasteiger partial charge in [0, 0.05) is 22.7 Å². The Hall–Kier alpha value is -2.21. The van der Waals surface area contributed by atoms with Gasteiger partial charge in [-0.1, -0.05) is 26.0 Å². The molecular weight excluding hydrogens is 334 g/mol. The Morgan fingerprint density at radius 3 is 2.32 bits per heavy atom. The van der Waals surface area contributed by atoms with Crippen molar-refractivity contribution in [2.24, 2.45) is 5.92 Å². The van der Waals surface area contributed by atoms with Crippen LogP contribution in [-0.2, 0) is 9.59 Å². The number of aryl methyl sites for hydroxylation is 1. The number of thiazole rings is 1. The molecular formula is C19H25N3O2S. The number of carbonyl (C=O) groups excluding carboxylic acids is 2. The molecule has 5 nitrogen and oxygen atoms in total. The lowest BCUT2D eigenvalue weighted by molar-refractivity contribution is -0.136. The van der Waals surface area contributed by atoms with Crippen LogP contribution in [0.1, 0.15) is 38.6 Å². The van der Waals surface area contributed by atoms with Gasteiger partial charge in [-0.25, -0.2) is 4.98 Å². The van der Waals surface area contributed by atoms with Gasteiger partial charge < -0.3 is 10.6 Å². The average Bonchev–Trinajstić information content (AvgIpc) is 3.00. The van der Waals surface area contributed by atoms with Crippen LogP contribution in [0.2, 0.25) is 0 Å². The molecule has 1 heterocycles. The Balaban J connectivity index is 1.88. The zero-order valence-electron chi connectivity index (χ0n) is 15.1. The standard InChI is InChI=1S/C19H25N3O2S/c1-12(2)5-6-13(3)20-18(23)19(24)22-16-9-7-15(8-10-16)17-11-25-14(4)21-17/h7-13H,5-6H2,1-4H3,(H,20,23)(H,22,24). The molecule has 0 bridgehead atoms. The quantitative estimate of drug-likeness (QED) is 0.766. The first kappa shape index (κ1) is 19.1. The molecule has 0 radical (unpaired) electrons. The molecule has 1 aromatic carbocycles. The van der Waals surface area contributed by atoms with Crippen molar-refractivity contribution < 1.29 is 9.59 Å². The molecule has 2 amide bonds. The number of nitrogens with one attached hydrogen (secondary N) is 2. The van der Waals surface area contributed by atoms with Gasteiger partial charge in [0.25, 0.3) is 0 Å². The minimum Gasteiger partial charge on any atom is -0.345 e. The molecule has 1 atom stereocenters. The lowest BCUT2D eigenvalue weighted by Gasteiger charge is -2.14. The third-order valence-electron chi connectivity index (χ3n) is 3.82. The predicted molar refractivity (Wildman–Crippen MR) is 103 cm³/mol. The van der Waals surface area contributed by atoms with Crippen LogP contribution in [0.3, 0.4) is 0 Å². The van der Waals surface area contributed by atoms with Gasteiger partial charge in [-0.2, -0.15) is 0 Å². The molecule has 134 valence electrons. The maximum atomic E-state index is 12.0. The largest absolute Gasteiger partial charge is 0.345 e. The van der Waals surface area contributed by atoms with Gasteiger partial charge >= 0.3 is 11.8 Å². The Labute approximate surface area is 152 Å². The van der Waals surface area contributed by atoms with Crippen LogP contribution >= 0.6 is 11.3 Å². The molecule has 6 heteroatoms.